The summed E-state index contributed by atoms with van der Waals surface area (Å²) in [7, 11) is 0. The summed E-state index contributed by atoms with van der Waals surface area (Å²) in [5.41, 5.74) is 3.11. The van der Waals surface area contributed by atoms with Crippen LogP contribution in [0.2, 0.25) is 0 Å². The second-order valence-corrected chi connectivity index (χ2v) is 5.12. The Labute approximate surface area is 131 Å². The van der Waals surface area contributed by atoms with Gasteiger partial charge in [-0.2, -0.15) is 10.2 Å². The van der Waals surface area contributed by atoms with Gasteiger partial charge in [0.15, 0.2) is 0 Å². The van der Waals surface area contributed by atoms with Crippen LogP contribution >= 0.6 is 0 Å². The SMILES string of the molecule is O=C(Nc1ccc2cn[nH]c2c1)c1ccc(-n2cccn2)cc1. The van der Waals surface area contributed by atoms with Crippen molar-refractivity contribution in [3.8, 4) is 5.69 Å². The maximum Gasteiger partial charge on any atom is 0.255 e. The summed E-state index contributed by atoms with van der Waals surface area (Å²) in [5, 5.41) is 14.9. The maximum absolute atomic E-state index is 12.3. The van der Waals surface area contributed by atoms with Crippen molar-refractivity contribution >= 4 is 22.5 Å². The van der Waals surface area contributed by atoms with Gasteiger partial charge in [-0.1, -0.05) is 0 Å². The summed E-state index contributed by atoms with van der Waals surface area (Å²) in [6.45, 7) is 0. The average Bonchev–Trinajstić information content (AvgIpc) is 3.26. The molecule has 0 saturated carbocycles. The molecule has 0 fully saturated rings. The zero-order chi connectivity index (χ0) is 15.6. The van der Waals surface area contributed by atoms with Crippen molar-refractivity contribution in [2.45, 2.75) is 0 Å². The van der Waals surface area contributed by atoms with Crippen LogP contribution in [0.4, 0.5) is 5.69 Å². The van der Waals surface area contributed by atoms with Gasteiger partial charge in [-0.25, -0.2) is 4.68 Å². The molecule has 0 aliphatic carbocycles. The molecule has 1 amide bonds. The zero-order valence-electron chi connectivity index (χ0n) is 12.1. The molecule has 6 nitrogen and oxygen atoms in total. The third-order valence-electron chi connectivity index (χ3n) is 3.60. The summed E-state index contributed by atoms with van der Waals surface area (Å²) >= 11 is 0. The van der Waals surface area contributed by atoms with Gasteiger partial charge in [0.25, 0.3) is 5.91 Å². The summed E-state index contributed by atoms with van der Waals surface area (Å²) in [6, 6.07) is 14.8. The van der Waals surface area contributed by atoms with Gasteiger partial charge in [0, 0.05) is 29.0 Å². The largest absolute Gasteiger partial charge is 0.322 e. The molecule has 6 heteroatoms. The van der Waals surface area contributed by atoms with Gasteiger partial charge in [-0.15, -0.1) is 0 Å². The number of hydrogen-bond donors (Lipinski definition) is 2. The van der Waals surface area contributed by atoms with Gasteiger partial charge in [-0.05, 0) is 48.5 Å². The number of benzene rings is 2. The number of carbonyl (C=O) groups is 1. The highest BCUT2D eigenvalue weighted by Crippen LogP contribution is 2.17. The molecule has 23 heavy (non-hydrogen) atoms. The van der Waals surface area contributed by atoms with Gasteiger partial charge in [0.1, 0.15) is 0 Å². The van der Waals surface area contributed by atoms with Crippen molar-refractivity contribution in [2.75, 3.05) is 5.32 Å². The lowest BCUT2D eigenvalue weighted by atomic mass is 10.2. The number of fused-ring (bicyclic) bond motifs is 1. The third-order valence-corrected chi connectivity index (χ3v) is 3.60. The fourth-order valence-electron chi connectivity index (χ4n) is 2.41. The zero-order valence-corrected chi connectivity index (χ0v) is 12.1. The molecule has 0 spiro atoms. The number of anilines is 1. The molecule has 2 heterocycles. The van der Waals surface area contributed by atoms with Crippen LogP contribution < -0.4 is 5.32 Å². The van der Waals surface area contributed by atoms with E-state index in [-0.39, 0.29) is 5.91 Å². The van der Waals surface area contributed by atoms with Crippen LogP contribution in [-0.2, 0) is 0 Å². The Balaban J connectivity index is 1.54. The number of amides is 1. The molecule has 0 atom stereocenters. The first kappa shape index (κ1) is 13.3. The Morgan fingerprint density at radius 2 is 2.00 bits per heavy atom. The molecule has 2 aromatic heterocycles. The lowest BCUT2D eigenvalue weighted by Gasteiger charge is -2.06. The number of aromatic nitrogens is 4. The summed E-state index contributed by atoms with van der Waals surface area (Å²) in [5.74, 6) is -0.157. The number of rotatable bonds is 3. The number of hydrogen-bond acceptors (Lipinski definition) is 3. The fourth-order valence-corrected chi connectivity index (χ4v) is 2.41. The minimum atomic E-state index is -0.157. The molecule has 2 N–H and O–H groups in total. The first-order valence-electron chi connectivity index (χ1n) is 7.14. The van der Waals surface area contributed by atoms with Crippen molar-refractivity contribution in [3.63, 3.8) is 0 Å². The number of H-pyrrole nitrogens is 1. The molecular formula is C17H13N5O. The van der Waals surface area contributed by atoms with Gasteiger partial charge in [-0.3, -0.25) is 9.89 Å². The van der Waals surface area contributed by atoms with Crippen molar-refractivity contribution in [3.05, 3.63) is 72.7 Å². The normalized spacial score (nSPS) is 10.8. The Kier molecular flexibility index (Phi) is 3.12. The molecular weight excluding hydrogens is 290 g/mol. The van der Waals surface area contributed by atoms with Crippen LogP contribution in [0.15, 0.2) is 67.1 Å². The van der Waals surface area contributed by atoms with Crippen LogP contribution in [-0.4, -0.2) is 25.9 Å². The van der Waals surface area contributed by atoms with Crippen LogP contribution in [0.3, 0.4) is 0 Å². The molecule has 0 unspecified atom stereocenters. The average molecular weight is 303 g/mol. The van der Waals surface area contributed by atoms with Crippen molar-refractivity contribution in [1.82, 2.24) is 20.0 Å². The highest BCUT2D eigenvalue weighted by atomic mass is 16.1. The van der Waals surface area contributed by atoms with Crippen LogP contribution in [0.5, 0.6) is 0 Å². The lowest BCUT2D eigenvalue weighted by molar-refractivity contribution is 0.102. The Morgan fingerprint density at radius 1 is 1.13 bits per heavy atom. The number of carbonyl (C=O) groups excluding carboxylic acids is 1. The lowest BCUT2D eigenvalue weighted by Crippen LogP contribution is -2.11. The molecule has 0 bridgehead atoms. The predicted molar refractivity (Wildman–Crippen MR) is 87.6 cm³/mol. The highest BCUT2D eigenvalue weighted by Gasteiger charge is 2.07. The standard InChI is InChI=1S/C17H13N5O/c23-17(20-14-5-2-13-11-18-21-16(13)10-14)12-3-6-15(7-4-12)22-9-1-8-19-22/h1-11H,(H,18,21)(H,20,23). The minimum absolute atomic E-state index is 0.157. The van der Waals surface area contributed by atoms with Gasteiger partial charge in [0.05, 0.1) is 17.4 Å². The molecule has 2 aromatic carbocycles. The third kappa shape index (κ3) is 2.57. The summed E-state index contributed by atoms with van der Waals surface area (Å²) < 4.78 is 1.74. The van der Waals surface area contributed by atoms with Gasteiger partial charge < -0.3 is 5.32 Å². The highest BCUT2D eigenvalue weighted by molar-refractivity contribution is 6.05. The van der Waals surface area contributed by atoms with E-state index in [1.165, 1.54) is 0 Å². The molecule has 4 rings (SSSR count). The quantitative estimate of drug-likeness (QED) is 0.611. The van der Waals surface area contributed by atoms with E-state index in [4.69, 9.17) is 0 Å². The van der Waals surface area contributed by atoms with E-state index in [0.29, 0.717) is 5.56 Å². The number of aromatic amines is 1. The topological polar surface area (TPSA) is 75.6 Å². The van der Waals surface area contributed by atoms with Crippen LogP contribution in [0, 0.1) is 0 Å². The van der Waals surface area contributed by atoms with E-state index in [0.717, 1.165) is 22.3 Å². The van der Waals surface area contributed by atoms with E-state index in [1.54, 1.807) is 29.2 Å². The van der Waals surface area contributed by atoms with E-state index in [1.807, 2.05) is 42.6 Å². The smallest absolute Gasteiger partial charge is 0.255 e. The Hall–Kier alpha value is -3.41. The Morgan fingerprint density at radius 3 is 2.78 bits per heavy atom. The second-order valence-electron chi connectivity index (χ2n) is 5.12. The number of nitrogens with one attached hydrogen (secondary N) is 2. The van der Waals surface area contributed by atoms with Gasteiger partial charge >= 0.3 is 0 Å². The Bertz CT molecular complexity index is 954. The van der Waals surface area contributed by atoms with E-state index in [9.17, 15) is 4.79 Å². The van der Waals surface area contributed by atoms with Crippen LogP contribution in [0.25, 0.3) is 16.6 Å². The van der Waals surface area contributed by atoms with Gasteiger partial charge in [0.2, 0.25) is 0 Å². The minimum Gasteiger partial charge on any atom is -0.322 e. The molecule has 0 saturated heterocycles. The monoisotopic (exact) mass is 303 g/mol. The van der Waals surface area contributed by atoms with E-state index < -0.39 is 0 Å². The molecule has 0 radical (unpaired) electrons. The van der Waals surface area contributed by atoms with E-state index in [2.05, 4.69) is 20.6 Å². The molecule has 112 valence electrons. The molecule has 0 aliphatic heterocycles. The molecule has 4 aromatic rings. The van der Waals surface area contributed by atoms with Crippen molar-refractivity contribution < 1.29 is 4.79 Å². The van der Waals surface area contributed by atoms with Crippen LogP contribution in [0.1, 0.15) is 10.4 Å². The number of nitrogens with zero attached hydrogens (tertiary/aromatic N) is 3. The first-order chi connectivity index (χ1) is 11.3. The fraction of sp³-hybridized carbons (Fsp3) is 0. The molecule has 0 aliphatic rings. The summed E-state index contributed by atoms with van der Waals surface area (Å²) in [4.78, 5) is 12.3. The second kappa shape index (κ2) is 5.42. The van der Waals surface area contributed by atoms with Crippen molar-refractivity contribution in [1.29, 1.82) is 0 Å². The summed E-state index contributed by atoms with van der Waals surface area (Å²) in [6.07, 6.45) is 5.32. The first-order valence-corrected chi connectivity index (χ1v) is 7.14. The maximum atomic E-state index is 12.3. The van der Waals surface area contributed by atoms with Crippen molar-refractivity contribution in [2.24, 2.45) is 0 Å². The predicted octanol–water partition coefficient (Wildman–Crippen LogP) is 3.00. The van der Waals surface area contributed by atoms with E-state index >= 15 is 0 Å².